The van der Waals surface area contributed by atoms with Gasteiger partial charge >= 0.3 is 12.2 Å². The molecule has 4 amide bonds. The third-order valence-corrected chi connectivity index (χ3v) is 12.0. The normalized spacial score (nSPS) is 19.1. The summed E-state index contributed by atoms with van der Waals surface area (Å²) in [6, 6.07) is 13.8. The van der Waals surface area contributed by atoms with E-state index in [9.17, 15) is 19.2 Å². The van der Waals surface area contributed by atoms with Crippen molar-refractivity contribution < 1.29 is 33.4 Å². The lowest BCUT2D eigenvalue weighted by Crippen LogP contribution is -2.53. The largest absolute Gasteiger partial charge is 0.453 e. The Morgan fingerprint density at radius 1 is 0.787 bits per heavy atom. The van der Waals surface area contributed by atoms with Gasteiger partial charge in [-0.3, -0.25) is 9.59 Å². The maximum Gasteiger partial charge on any atom is 0.407 e. The van der Waals surface area contributed by atoms with Gasteiger partial charge in [0.15, 0.2) is 0 Å². The number of likely N-dealkylation sites (tertiary alicyclic amines) is 2. The molecule has 3 aromatic heterocycles. The maximum absolute atomic E-state index is 14.0. The van der Waals surface area contributed by atoms with Gasteiger partial charge in [0.25, 0.3) is 0 Å². The molecule has 1 unspecified atom stereocenters. The topological polar surface area (TPSA) is 197 Å². The molecule has 318 valence electrons. The fourth-order valence-electron chi connectivity index (χ4n) is 8.72. The number of H-pyrrole nitrogens is 2. The first-order chi connectivity index (χ1) is 29.6. The van der Waals surface area contributed by atoms with E-state index in [1.54, 1.807) is 11.1 Å². The molecule has 0 saturated carbocycles. The van der Waals surface area contributed by atoms with E-state index in [1.165, 1.54) is 14.2 Å². The Morgan fingerprint density at radius 3 is 2.23 bits per heavy atom. The number of carbonyl (C=O) groups excluding carboxylic acids is 4. The second-order valence-corrected chi connectivity index (χ2v) is 16.2. The van der Waals surface area contributed by atoms with Gasteiger partial charge in [-0.2, -0.15) is 0 Å². The van der Waals surface area contributed by atoms with Gasteiger partial charge in [-0.25, -0.2) is 24.5 Å². The molecule has 4 atom stereocenters. The van der Waals surface area contributed by atoms with Gasteiger partial charge in [0.05, 0.1) is 54.7 Å². The van der Waals surface area contributed by atoms with Crippen LogP contribution in [0.3, 0.4) is 0 Å². The molecule has 2 aromatic carbocycles. The molecular weight excluding hydrogens is 779 g/mol. The SMILES string of the molecule is COC(=O)NC(C(=O)N1CCC[C@H]1c1nc2ccc(C#Cc3ccc4cc(-c5cnc([C@@H]6CCCN6C(=O)[C@@H](NC(=O)OC)C6CCOCC6)[nH]5)ccc4n3)cc2[nH]1)C(C)C. The van der Waals surface area contributed by atoms with Crippen LogP contribution in [-0.4, -0.2) is 111 Å². The Labute approximate surface area is 353 Å². The van der Waals surface area contributed by atoms with Gasteiger partial charge in [0.1, 0.15) is 29.4 Å². The van der Waals surface area contributed by atoms with Crippen molar-refractivity contribution in [2.24, 2.45) is 11.8 Å². The van der Waals surface area contributed by atoms with E-state index in [1.807, 2.05) is 61.2 Å². The third kappa shape index (κ3) is 8.88. The predicted octanol–water partition coefficient (Wildman–Crippen LogP) is 5.76. The molecule has 4 N–H and O–H groups in total. The van der Waals surface area contributed by atoms with Crippen LogP contribution in [-0.2, 0) is 23.8 Å². The number of aromatic amines is 2. The van der Waals surface area contributed by atoms with Gasteiger partial charge in [-0.15, -0.1) is 0 Å². The average Bonchev–Trinajstić information content (AvgIpc) is 4.12. The minimum Gasteiger partial charge on any atom is -0.453 e. The Morgan fingerprint density at radius 2 is 1.49 bits per heavy atom. The van der Waals surface area contributed by atoms with Gasteiger partial charge in [0.2, 0.25) is 11.8 Å². The summed E-state index contributed by atoms with van der Waals surface area (Å²) in [7, 11) is 2.59. The highest BCUT2D eigenvalue weighted by molar-refractivity contribution is 5.88. The van der Waals surface area contributed by atoms with Crippen LogP contribution in [0.2, 0.25) is 0 Å². The van der Waals surface area contributed by atoms with E-state index in [4.69, 9.17) is 29.2 Å². The monoisotopic (exact) mass is 829 g/mol. The Balaban J connectivity index is 0.946. The molecule has 0 bridgehead atoms. The number of imidazole rings is 2. The molecular formula is C45H51N9O7. The molecule has 5 aromatic rings. The number of hydrogen-bond donors (Lipinski definition) is 4. The van der Waals surface area contributed by atoms with Crippen LogP contribution in [0.5, 0.6) is 0 Å². The van der Waals surface area contributed by atoms with Crippen LogP contribution in [0, 0.1) is 23.7 Å². The standard InChI is InChI=1S/C45H51N9O7/c1-26(2)38(51-44(57)59-3)42(55)54-20-6-8-37(54)41-48-33-15-10-27(23-34(33)49-41)9-13-31-14-11-29-24-30(12-16-32(29)47-31)35-25-46-40(50-35)36-7-5-19-53(36)43(56)39(52-45(58)60-4)28-17-21-61-22-18-28/h10-12,14-16,23-26,28,36-39H,5-8,17-22H2,1-4H3,(H,46,50)(H,48,49)(H,51,57)(H,52,58)/t36-,37-,38?,39-/m0/s1. The Kier molecular flexibility index (Phi) is 12.2. The summed E-state index contributed by atoms with van der Waals surface area (Å²) in [5.41, 5.74) is 5.57. The van der Waals surface area contributed by atoms with Crippen molar-refractivity contribution in [1.82, 2.24) is 45.4 Å². The van der Waals surface area contributed by atoms with Crippen molar-refractivity contribution in [3.63, 3.8) is 0 Å². The summed E-state index contributed by atoms with van der Waals surface area (Å²) in [4.78, 5) is 76.7. The predicted molar refractivity (Wildman–Crippen MR) is 226 cm³/mol. The van der Waals surface area contributed by atoms with Crippen LogP contribution < -0.4 is 10.6 Å². The summed E-state index contributed by atoms with van der Waals surface area (Å²) < 4.78 is 15.1. The van der Waals surface area contributed by atoms with Crippen molar-refractivity contribution in [2.75, 3.05) is 40.5 Å². The number of benzene rings is 2. The first kappa shape index (κ1) is 41.3. The second kappa shape index (κ2) is 18.0. The van der Waals surface area contributed by atoms with Crippen molar-refractivity contribution in [3.8, 4) is 23.1 Å². The van der Waals surface area contributed by atoms with Crippen LogP contribution >= 0.6 is 0 Å². The molecule has 16 heteroatoms. The first-order valence-electron chi connectivity index (χ1n) is 21.0. The van der Waals surface area contributed by atoms with E-state index in [-0.39, 0.29) is 35.7 Å². The average molecular weight is 830 g/mol. The van der Waals surface area contributed by atoms with E-state index >= 15 is 0 Å². The van der Waals surface area contributed by atoms with Crippen LogP contribution in [0.1, 0.15) is 87.4 Å². The highest BCUT2D eigenvalue weighted by atomic mass is 16.5. The van der Waals surface area contributed by atoms with E-state index < -0.39 is 24.3 Å². The molecule has 0 radical (unpaired) electrons. The number of pyridine rings is 1. The van der Waals surface area contributed by atoms with Crippen LogP contribution in [0.4, 0.5) is 9.59 Å². The quantitative estimate of drug-likeness (QED) is 0.133. The summed E-state index contributed by atoms with van der Waals surface area (Å²) >= 11 is 0. The minimum absolute atomic E-state index is 0.0371. The zero-order chi connectivity index (χ0) is 42.6. The van der Waals surface area contributed by atoms with Crippen molar-refractivity contribution >= 4 is 45.9 Å². The molecule has 0 aliphatic carbocycles. The zero-order valence-electron chi connectivity index (χ0n) is 34.8. The molecule has 3 aliphatic heterocycles. The first-order valence-corrected chi connectivity index (χ1v) is 21.0. The number of aromatic nitrogens is 5. The summed E-state index contributed by atoms with van der Waals surface area (Å²) in [6.07, 6.45) is 5.10. The number of rotatable bonds is 9. The highest BCUT2D eigenvalue weighted by Crippen LogP contribution is 2.35. The number of alkyl carbamates (subject to hydrolysis) is 2. The van der Waals surface area contributed by atoms with Crippen LogP contribution in [0.15, 0.2) is 54.7 Å². The smallest absolute Gasteiger partial charge is 0.407 e. The Hall–Kier alpha value is -6.47. The van der Waals surface area contributed by atoms with Crippen molar-refractivity contribution in [1.29, 1.82) is 0 Å². The fraction of sp³-hybridized carbons (Fsp3) is 0.444. The Bertz CT molecular complexity index is 2500. The number of nitrogens with zero attached hydrogens (tertiary/aromatic N) is 5. The summed E-state index contributed by atoms with van der Waals surface area (Å²) in [5.74, 6) is 7.42. The van der Waals surface area contributed by atoms with Gasteiger partial charge < -0.3 is 44.6 Å². The number of amides is 4. The van der Waals surface area contributed by atoms with Gasteiger partial charge in [0, 0.05) is 42.8 Å². The maximum atomic E-state index is 14.0. The molecule has 3 saturated heterocycles. The molecule has 0 spiro atoms. The molecule has 16 nitrogen and oxygen atoms in total. The van der Waals surface area contributed by atoms with E-state index in [2.05, 4.69) is 38.5 Å². The minimum atomic E-state index is -0.704. The molecule has 3 fully saturated rings. The number of ether oxygens (including phenoxy) is 3. The number of methoxy groups -OCH3 is 2. The number of carbonyl (C=O) groups is 4. The van der Waals surface area contributed by atoms with Gasteiger partial charge in [-0.05, 0) is 98.7 Å². The zero-order valence-corrected chi connectivity index (χ0v) is 34.8. The fourth-order valence-corrected chi connectivity index (χ4v) is 8.72. The number of fused-ring (bicyclic) bond motifs is 2. The molecule has 61 heavy (non-hydrogen) atoms. The summed E-state index contributed by atoms with van der Waals surface area (Å²) in [5, 5.41) is 6.44. The van der Waals surface area contributed by atoms with E-state index in [0.717, 1.165) is 64.4 Å². The molecule has 8 rings (SSSR count). The highest BCUT2D eigenvalue weighted by Gasteiger charge is 2.40. The van der Waals surface area contributed by atoms with Crippen LogP contribution in [0.25, 0.3) is 33.2 Å². The van der Waals surface area contributed by atoms with Crippen molar-refractivity contribution in [2.45, 2.75) is 76.5 Å². The second-order valence-electron chi connectivity index (χ2n) is 16.2. The number of hydrogen-bond acceptors (Lipinski definition) is 10. The third-order valence-electron chi connectivity index (χ3n) is 12.0. The number of nitrogens with one attached hydrogen (secondary N) is 4. The summed E-state index contributed by atoms with van der Waals surface area (Å²) in [6.45, 7) is 6.05. The lowest BCUT2D eigenvalue weighted by Gasteiger charge is -2.34. The molecule has 3 aliphatic rings. The lowest BCUT2D eigenvalue weighted by molar-refractivity contribution is -0.137. The van der Waals surface area contributed by atoms with Gasteiger partial charge in [-0.1, -0.05) is 25.8 Å². The lowest BCUT2D eigenvalue weighted by atomic mass is 9.90. The molecule has 6 heterocycles. The van der Waals surface area contributed by atoms with E-state index in [0.29, 0.717) is 56.5 Å². The van der Waals surface area contributed by atoms with Crippen molar-refractivity contribution in [3.05, 3.63) is 77.6 Å².